The van der Waals surface area contributed by atoms with Crippen molar-refractivity contribution in [3.05, 3.63) is 29.6 Å². The lowest BCUT2D eigenvalue weighted by Crippen LogP contribution is -2.59. The first-order valence-corrected chi connectivity index (χ1v) is 10.5. The van der Waals surface area contributed by atoms with Gasteiger partial charge in [-0.1, -0.05) is 0 Å². The van der Waals surface area contributed by atoms with Crippen LogP contribution < -0.4 is 4.90 Å². The molecule has 2 heterocycles. The molecule has 4 rings (SSSR count). The molecule has 1 aliphatic carbocycles. The van der Waals surface area contributed by atoms with E-state index in [1.807, 2.05) is 0 Å². The Morgan fingerprint density at radius 3 is 2.55 bits per heavy atom. The summed E-state index contributed by atoms with van der Waals surface area (Å²) >= 11 is 0. The molecule has 1 N–H and O–H groups in total. The maximum Gasteiger partial charge on any atom is 0.338 e. The first-order valence-electron chi connectivity index (χ1n) is 10.5. The van der Waals surface area contributed by atoms with Crippen molar-refractivity contribution in [1.29, 1.82) is 0 Å². The zero-order valence-electron chi connectivity index (χ0n) is 17.1. The summed E-state index contributed by atoms with van der Waals surface area (Å²) in [4.78, 5) is 28.0. The maximum absolute atomic E-state index is 13.7. The molecule has 158 valence electrons. The van der Waals surface area contributed by atoms with Gasteiger partial charge in [-0.05, 0) is 63.6 Å². The highest BCUT2D eigenvalue weighted by Crippen LogP contribution is 2.47. The van der Waals surface area contributed by atoms with Crippen LogP contribution in [0.15, 0.2) is 18.2 Å². The summed E-state index contributed by atoms with van der Waals surface area (Å²) in [5, 5.41) is 9.19. The van der Waals surface area contributed by atoms with E-state index in [0.717, 1.165) is 51.0 Å². The van der Waals surface area contributed by atoms with Crippen molar-refractivity contribution in [3.63, 3.8) is 0 Å². The number of carbonyl (C=O) groups is 2. The van der Waals surface area contributed by atoms with Crippen LogP contribution in [-0.4, -0.2) is 65.7 Å². The van der Waals surface area contributed by atoms with Crippen molar-refractivity contribution in [2.75, 3.05) is 31.1 Å². The van der Waals surface area contributed by atoms with E-state index in [2.05, 4.69) is 16.7 Å². The number of anilines is 1. The summed E-state index contributed by atoms with van der Waals surface area (Å²) in [6.45, 7) is 6.74. The molecule has 29 heavy (non-hydrogen) atoms. The molecule has 7 heteroatoms. The molecule has 0 spiro atoms. The summed E-state index contributed by atoms with van der Waals surface area (Å²) < 4.78 is 19.9. The molecule has 1 saturated carbocycles. The van der Waals surface area contributed by atoms with Gasteiger partial charge in [0, 0.05) is 37.4 Å². The van der Waals surface area contributed by atoms with E-state index in [9.17, 15) is 19.1 Å². The van der Waals surface area contributed by atoms with Crippen LogP contribution in [-0.2, 0) is 9.53 Å². The topological polar surface area (TPSA) is 70.1 Å². The van der Waals surface area contributed by atoms with Gasteiger partial charge in [-0.3, -0.25) is 9.69 Å². The standard InChI is InChI=1S/C22H29FN2O4/c1-14-12-24(18-7-8-22(15(2)26,29-13-18)16-3-4-16)9-10-25(14)17-5-6-20(23)19(11-17)21(27)28/h5-6,11,14,16,18H,3-4,7-10,12-13H2,1-2H3,(H,27,28)/t14-,18+,22+/m0/s1. The molecule has 2 saturated heterocycles. The number of Topliss-reactive ketones (excluding diaryl/α,β-unsaturated/α-hetero) is 1. The van der Waals surface area contributed by atoms with E-state index in [1.165, 1.54) is 12.1 Å². The first-order chi connectivity index (χ1) is 13.8. The van der Waals surface area contributed by atoms with Gasteiger partial charge in [-0.25, -0.2) is 9.18 Å². The molecule has 1 aromatic carbocycles. The Balaban J connectivity index is 1.39. The minimum atomic E-state index is -1.25. The molecule has 2 aliphatic heterocycles. The van der Waals surface area contributed by atoms with Gasteiger partial charge in [0.1, 0.15) is 11.4 Å². The Labute approximate surface area is 170 Å². The lowest BCUT2D eigenvalue weighted by molar-refractivity contribution is -0.160. The van der Waals surface area contributed by atoms with Crippen LogP contribution in [0.5, 0.6) is 0 Å². The molecule has 0 amide bonds. The van der Waals surface area contributed by atoms with Crippen molar-refractivity contribution in [2.45, 2.75) is 57.2 Å². The van der Waals surface area contributed by atoms with Gasteiger partial charge in [0.05, 0.1) is 12.2 Å². The van der Waals surface area contributed by atoms with E-state index in [1.54, 1.807) is 13.0 Å². The van der Waals surface area contributed by atoms with Crippen molar-refractivity contribution >= 4 is 17.4 Å². The first kappa shape index (κ1) is 20.3. The van der Waals surface area contributed by atoms with Crippen molar-refractivity contribution in [1.82, 2.24) is 4.90 Å². The molecular weight excluding hydrogens is 375 g/mol. The highest BCUT2D eigenvalue weighted by molar-refractivity contribution is 5.89. The van der Waals surface area contributed by atoms with Gasteiger partial charge in [0.25, 0.3) is 0 Å². The average molecular weight is 404 g/mol. The van der Waals surface area contributed by atoms with Gasteiger partial charge >= 0.3 is 5.97 Å². The molecule has 0 aromatic heterocycles. The zero-order valence-corrected chi connectivity index (χ0v) is 17.1. The number of rotatable bonds is 5. The minimum Gasteiger partial charge on any atom is -0.478 e. The monoisotopic (exact) mass is 404 g/mol. The number of piperazine rings is 1. The SMILES string of the molecule is CC(=O)[C@@]1(C2CC2)CC[C@@H](N2CCN(c3ccc(F)c(C(=O)O)c3)[C@@H](C)C2)CO1. The van der Waals surface area contributed by atoms with Crippen LogP contribution in [0.25, 0.3) is 0 Å². The molecule has 3 fully saturated rings. The maximum atomic E-state index is 13.7. The number of ketones is 1. The Kier molecular flexibility index (Phi) is 5.38. The smallest absolute Gasteiger partial charge is 0.338 e. The molecule has 0 bridgehead atoms. The molecule has 6 nitrogen and oxygen atoms in total. The van der Waals surface area contributed by atoms with Gasteiger partial charge in [-0.2, -0.15) is 0 Å². The van der Waals surface area contributed by atoms with Crippen molar-refractivity contribution < 1.29 is 23.8 Å². The molecule has 0 radical (unpaired) electrons. The van der Waals surface area contributed by atoms with Crippen molar-refractivity contribution in [3.8, 4) is 0 Å². The number of nitrogens with zero attached hydrogens (tertiary/aromatic N) is 2. The fraction of sp³-hybridized carbons (Fsp3) is 0.636. The highest BCUT2D eigenvalue weighted by atomic mass is 19.1. The molecule has 3 aliphatic rings. The third-order valence-electron chi connectivity index (χ3n) is 6.90. The second-order valence-electron chi connectivity index (χ2n) is 8.73. The van der Waals surface area contributed by atoms with E-state index in [0.29, 0.717) is 18.6 Å². The third-order valence-corrected chi connectivity index (χ3v) is 6.90. The Morgan fingerprint density at radius 2 is 2.00 bits per heavy atom. The summed E-state index contributed by atoms with van der Waals surface area (Å²) in [6, 6.07) is 4.76. The lowest BCUT2D eigenvalue weighted by Gasteiger charge is -2.47. The number of hydrogen-bond donors (Lipinski definition) is 1. The Morgan fingerprint density at radius 1 is 1.24 bits per heavy atom. The largest absolute Gasteiger partial charge is 0.478 e. The fourth-order valence-corrected chi connectivity index (χ4v) is 5.06. The number of halogens is 1. The number of carboxylic acid groups (broad SMARTS) is 1. The van der Waals surface area contributed by atoms with E-state index in [-0.39, 0.29) is 17.4 Å². The molecule has 1 aromatic rings. The average Bonchev–Trinajstić information content (AvgIpc) is 3.54. The second-order valence-corrected chi connectivity index (χ2v) is 8.73. The number of aromatic carboxylic acids is 1. The number of carbonyl (C=O) groups excluding carboxylic acids is 1. The molecule has 3 atom stereocenters. The number of ether oxygens (including phenoxy) is 1. The van der Waals surface area contributed by atoms with Gasteiger partial charge in [0.15, 0.2) is 5.78 Å². The number of benzene rings is 1. The van der Waals surface area contributed by atoms with E-state index in [4.69, 9.17) is 4.74 Å². The highest BCUT2D eigenvalue weighted by Gasteiger charge is 2.52. The van der Waals surface area contributed by atoms with Crippen LogP contribution in [0.1, 0.15) is 49.9 Å². The molecule has 0 unspecified atom stereocenters. The second kappa shape index (κ2) is 7.69. The fourth-order valence-electron chi connectivity index (χ4n) is 5.06. The van der Waals surface area contributed by atoms with E-state index >= 15 is 0 Å². The summed E-state index contributed by atoms with van der Waals surface area (Å²) in [5.41, 5.74) is -0.107. The predicted octanol–water partition coefficient (Wildman–Crippen LogP) is 2.95. The van der Waals surface area contributed by atoms with Crippen LogP contribution in [0.2, 0.25) is 0 Å². The van der Waals surface area contributed by atoms with Gasteiger partial charge in [-0.15, -0.1) is 0 Å². The predicted molar refractivity (Wildman–Crippen MR) is 107 cm³/mol. The summed E-state index contributed by atoms with van der Waals surface area (Å²) in [7, 11) is 0. The van der Waals surface area contributed by atoms with Gasteiger partial charge < -0.3 is 14.7 Å². The lowest BCUT2D eigenvalue weighted by atomic mass is 9.83. The normalized spacial score (nSPS) is 30.9. The van der Waals surface area contributed by atoms with Gasteiger partial charge in [0.2, 0.25) is 0 Å². The van der Waals surface area contributed by atoms with Crippen LogP contribution in [0.3, 0.4) is 0 Å². The van der Waals surface area contributed by atoms with Crippen LogP contribution in [0, 0.1) is 11.7 Å². The Bertz CT molecular complexity index is 802. The van der Waals surface area contributed by atoms with E-state index < -0.39 is 17.4 Å². The summed E-state index contributed by atoms with van der Waals surface area (Å²) in [6.07, 6.45) is 3.95. The molecular formula is C22H29FN2O4. The van der Waals surface area contributed by atoms with Crippen LogP contribution in [0.4, 0.5) is 10.1 Å². The van der Waals surface area contributed by atoms with Crippen LogP contribution >= 0.6 is 0 Å². The van der Waals surface area contributed by atoms with Crippen molar-refractivity contribution in [2.24, 2.45) is 5.92 Å². The zero-order chi connectivity index (χ0) is 20.8. The number of hydrogen-bond acceptors (Lipinski definition) is 5. The minimum absolute atomic E-state index is 0.166. The Hall–Kier alpha value is -1.99. The third kappa shape index (κ3) is 3.78. The number of carboxylic acids is 1. The summed E-state index contributed by atoms with van der Waals surface area (Å²) in [5.74, 6) is -1.39. The quantitative estimate of drug-likeness (QED) is 0.814.